The van der Waals surface area contributed by atoms with Crippen LogP contribution >= 0.6 is 22.7 Å². The summed E-state index contributed by atoms with van der Waals surface area (Å²) >= 11 is 3.82. The first-order chi connectivity index (χ1) is 25.6. The molecule has 3 heterocycles. The molecule has 0 amide bonds. The maximum absolute atomic E-state index is 2.46. The average Bonchev–Trinajstić information content (AvgIpc) is 3.86. The zero-order valence-electron chi connectivity index (χ0n) is 28.4. The third-order valence-electron chi connectivity index (χ3n) is 11.7. The van der Waals surface area contributed by atoms with Gasteiger partial charge in [0, 0.05) is 52.1 Å². The van der Waals surface area contributed by atoms with Gasteiger partial charge < -0.3 is 4.57 Å². The second-order valence-electron chi connectivity index (χ2n) is 14.5. The number of fused-ring (bicyclic) bond motifs is 12. The van der Waals surface area contributed by atoms with E-state index in [2.05, 4.69) is 169 Å². The number of thiophene rings is 2. The minimum absolute atomic E-state index is 0.302. The highest BCUT2D eigenvalue weighted by molar-refractivity contribution is 7.25. The molecular formula is C49H31NS2. The van der Waals surface area contributed by atoms with Crippen molar-refractivity contribution in [1.82, 2.24) is 4.57 Å². The topological polar surface area (TPSA) is 4.93 Å². The molecule has 12 rings (SSSR count). The highest BCUT2D eigenvalue weighted by atomic mass is 32.1. The molecule has 0 radical (unpaired) electrons. The maximum atomic E-state index is 2.46. The smallest absolute Gasteiger partial charge is 0.0541 e. The number of allylic oxidation sites excluding steroid dienone is 1. The maximum Gasteiger partial charge on any atom is 0.0541 e. The van der Waals surface area contributed by atoms with Gasteiger partial charge in [-0.1, -0.05) is 85.8 Å². The van der Waals surface area contributed by atoms with E-state index in [1.54, 1.807) is 0 Å². The minimum Gasteiger partial charge on any atom is -0.309 e. The van der Waals surface area contributed by atoms with Gasteiger partial charge >= 0.3 is 0 Å². The van der Waals surface area contributed by atoms with Crippen molar-refractivity contribution < 1.29 is 0 Å². The summed E-state index contributed by atoms with van der Waals surface area (Å²) in [6.45, 7) is 2.43. The Kier molecular flexibility index (Phi) is 5.92. The Morgan fingerprint density at radius 3 is 1.63 bits per heavy atom. The lowest BCUT2D eigenvalue weighted by Gasteiger charge is -2.26. The van der Waals surface area contributed by atoms with Gasteiger partial charge in [-0.3, -0.25) is 0 Å². The number of aromatic nitrogens is 1. The van der Waals surface area contributed by atoms with E-state index in [0.717, 1.165) is 0 Å². The molecule has 10 aromatic rings. The number of nitrogens with zero attached hydrogens (tertiary/aromatic N) is 1. The van der Waals surface area contributed by atoms with Crippen LogP contribution in [0.5, 0.6) is 0 Å². The molecule has 0 aliphatic heterocycles. The average molecular weight is 698 g/mol. The highest BCUT2D eigenvalue weighted by Gasteiger charge is 2.28. The first kappa shape index (κ1) is 28.9. The third-order valence-corrected chi connectivity index (χ3v) is 14.0. The van der Waals surface area contributed by atoms with Crippen LogP contribution in [0, 0.1) is 0 Å². The van der Waals surface area contributed by atoms with Gasteiger partial charge in [-0.2, -0.15) is 0 Å². The molecule has 3 heteroatoms. The summed E-state index contributed by atoms with van der Waals surface area (Å²) in [4.78, 5) is 1.40. The van der Waals surface area contributed by atoms with Crippen molar-refractivity contribution in [3.63, 3.8) is 0 Å². The van der Waals surface area contributed by atoms with E-state index in [9.17, 15) is 0 Å². The summed E-state index contributed by atoms with van der Waals surface area (Å²) < 4.78 is 6.46. The lowest BCUT2D eigenvalue weighted by atomic mass is 9.77. The van der Waals surface area contributed by atoms with Gasteiger partial charge in [-0.25, -0.2) is 0 Å². The van der Waals surface area contributed by atoms with Crippen LogP contribution in [-0.2, 0) is 0 Å². The highest BCUT2D eigenvalue weighted by Crippen LogP contribution is 2.49. The van der Waals surface area contributed by atoms with E-state index in [1.807, 2.05) is 22.7 Å². The lowest BCUT2D eigenvalue weighted by molar-refractivity contribution is 0.677. The second-order valence-corrected chi connectivity index (χ2v) is 16.7. The molecule has 7 aromatic carbocycles. The molecule has 0 fully saturated rings. The number of rotatable bonds is 1. The fourth-order valence-electron chi connectivity index (χ4n) is 9.15. The Morgan fingerprint density at radius 2 is 1.00 bits per heavy atom. The van der Waals surface area contributed by atoms with E-state index >= 15 is 0 Å². The van der Waals surface area contributed by atoms with Gasteiger partial charge in [0.25, 0.3) is 0 Å². The molecule has 2 atom stereocenters. The molecule has 0 saturated heterocycles. The fraction of sp³-hybridized carbons (Fsp3) is 0.0612. The van der Waals surface area contributed by atoms with Crippen LogP contribution in [0.15, 0.2) is 152 Å². The van der Waals surface area contributed by atoms with Crippen molar-refractivity contribution in [2.24, 2.45) is 0 Å². The van der Waals surface area contributed by atoms with E-state index in [1.165, 1.54) is 107 Å². The van der Waals surface area contributed by atoms with Crippen LogP contribution in [0.2, 0.25) is 0 Å². The molecule has 52 heavy (non-hydrogen) atoms. The van der Waals surface area contributed by atoms with Crippen molar-refractivity contribution in [2.45, 2.75) is 18.8 Å². The Labute approximate surface area is 309 Å². The molecule has 0 spiro atoms. The standard InChI is InChI=1S/C49H31NS2/c1-28-37-15-21-48-49(28)42-27-34(14-20-47(42)52-48)33-13-19-46-41(26-33)40-25-32(12-18-45(40)51-46)31-11-17-44-39(24-31)38-23-30(29-6-5-7-35(37)22-29)10-16-43(38)50(44)36-8-3-2-4-9-36/h2-28,37H,1H3. The second kappa shape index (κ2) is 10.6. The summed E-state index contributed by atoms with van der Waals surface area (Å²) in [7, 11) is 0. The molecule has 0 saturated carbocycles. The van der Waals surface area contributed by atoms with Crippen LogP contribution in [0.25, 0.3) is 97.2 Å². The Bertz CT molecular complexity index is 3150. The Morgan fingerprint density at radius 1 is 0.462 bits per heavy atom. The Hall–Kier alpha value is -5.74. The van der Waals surface area contributed by atoms with Gasteiger partial charge in [0.1, 0.15) is 0 Å². The molecule has 2 unspecified atom stereocenters. The molecule has 2 aliphatic rings. The number of hydrogen-bond donors (Lipinski definition) is 0. The monoisotopic (exact) mass is 697 g/mol. The van der Waals surface area contributed by atoms with E-state index < -0.39 is 0 Å². The summed E-state index contributed by atoms with van der Waals surface area (Å²) in [6.07, 6.45) is 4.83. The van der Waals surface area contributed by atoms with Crippen molar-refractivity contribution >= 4 is 80.8 Å². The summed E-state index contributed by atoms with van der Waals surface area (Å²) in [6, 6.07) is 55.4. The molecule has 14 bridgehead atoms. The third kappa shape index (κ3) is 4.09. The molecule has 1 nitrogen and oxygen atoms in total. The zero-order valence-corrected chi connectivity index (χ0v) is 30.1. The van der Waals surface area contributed by atoms with E-state index in [-0.39, 0.29) is 0 Å². The molecule has 3 aromatic heterocycles. The fourth-order valence-corrected chi connectivity index (χ4v) is 11.4. The summed E-state index contributed by atoms with van der Waals surface area (Å²) in [5.74, 6) is 0.663. The quantitative estimate of drug-likeness (QED) is 0.161. The van der Waals surface area contributed by atoms with Gasteiger partial charge in [0.05, 0.1) is 11.0 Å². The first-order valence-corrected chi connectivity index (χ1v) is 19.7. The molecule has 0 N–H and O–H groups in total. The lowest BCUT2D eigenvalue weighted by Crippen LogP contribution is -2.10. The van der Waals surface area contributed by atoms with Crippen molar-refractivity contribution in [1.29, 1.82) is 0 Å². The van der Waals surface area contributed by atoms with Crippen LogP contribution in [-0.4, -0.2) is 4.57 Å². The normalized spacial score (nSPS) is 16.1. The summed E-state index contributed by atoms with van der Waals surface area (Å²) in [5.41, 5.74) is 14.0. The minimum atomic E-state index is 0.302. The predicted molar refractivity (Wildman–Crippen MR) is 226 cm³/mol. The van der Waals surface area contributed by atoms with E-state index in [4.69, 9.17) is 0 Å². The first-order valence-electron chi connectivity index (χ1n) is 18.1. The van der Waals surface area contributed by atoms with Crippen molar-refractivity contribution in [2.75, 3.05) is 0 Å². The van der Waals surface area contributed by atoms with E-state index in [0.29, 0.717) is 11.8 Å². The van der Waals surface area contributed by atoms with Gasteiger partial charge in [0.2, 0.25) is 0 Å². The predicted octanol–water partition coefficient (Wildman–Crippen LogP) is 14.6. The van der Waals surface area contributed by atoms with Crippen molar-refractivity contribution in [3.8, 4) is 39.1 Å². The number of hydrogen-bond acceptors (Lipinski definition) is 2. The Balaban J connectivity index is 1.17. The van der Waals surface area contributed by atoms with Gasteiger partial charge in [-0.05, 0) is 135 Å². The molecule has 2 aliphatic carbocycles. The van der Waals surface area contributed by atoms with Crippen LogP contribution < -0.4 is 0 Å². The van der Waals surface area contributed by atoms with Crippen molar-refractivity contribution in [3.05, 3.63) is 168 Å². The number of para-hydroxylation sites is 1. The van der Waals surface area contributed by atoms with Gasteiger partial charge in [0.15, 0.2) is 0 Å². The van der Waals surface area contributed by atoms with Gasteiger partial charge in [-0.15, -0.1) is 22.7 Å². The molecular weight excluding hydrogens is 667 g/mol. The van der Waals surface area contributed by atoms with Crippen LogP contribution in [0.1, 0.15) is 34.8 Å². The summed E-state index contributed by atoms with van der Waals surface area (Å²) in [5, 5.41) is 6.61. The largest absolute Gasteiger partial charge is 0.309 e. The molecule has 244 valence electrons. The van der Waals surface area contributed by atoms with Crippen LogP contribution in [0.4, 0.5) is 0 Å². The zero-order chi connectivity index (χ0) is 34.1. The number of benzene rings is 7. The van der Waals surface area contributed by atoms with Crippen LogP contribution in [0.3, 0.4) is 0 Å². The SMILES string of the molecule is CC1c2c3sc4ccc(cc24)-c2ccc4sc5ccc(cc5c4c2)-c2ccc4c(c2)c2cc(ccc2n4-c2ccccc2)-c2cccc(c2)C1C=C3.